The Morgan fingerprint density at radius 1 is 1.40 bits per heavy atom. The SMILES string of the molecule is CCC1COC(C)CN1CCC1CNC1. The summed E-state index contributed by atoms with van der Waals surface area (Å²) in [6.07, 6.45) is 3.00. The van der Waals surface area contributed by atoms with E-state index in [1.54, 1.807) is 0 Å². The van der Waals surface area contributed by atoms with Gasteiger partial charge in [0, 0.05) is 12.6 Å². The number of morpholine rings is 1. The maximum Gasteiger partial charge on any atom is 0.0674 e. The van der Waals surface area contributed by atoms with Gasteiger partial charge in [-0.1, -0.05) is 6.92 Å². The number of nitrogens with one attached hydrogen (secondary N) is 1. The van der Waals surface area contributed by atoms with Crippen molar-refractivity contribution in [2.75, 3.05) is 32.8 Å². The molecule has 2 atom stereocenters. The third-order valence-electron chi connectivity index (χ3n) is 3.74. The fourth-order valence-corrected chi connectivity index (χ4v) is 2.46. The van der Waals surface area contributed by atoms with Crippen LogP contribution in [0.3, 0.4) is 0 Å². The fourth-order valence-electron chi connectivity index (χ4n) is 2.46. The van der Waals surface area contributed by atoms with E-state index in [9.17, 15) is 0 Å². The van der Waals surface area contributed by atoms with E-state index >= 15 is 0 Å². The second kappa shape index (κ2) is 5.28. The van der Waals surface area contributed by atoms with Gasteiger partial charge in [-0.05, 0) is 45.3 Å². The lowest BCUT2D eigenvalue weighted by atomic mass is 9.98. The van der Waals surface area contributed by atoms with Crippen LogP contribution >= 0.6 is 0 Å². The Balaban J connectivity index is 1.75. The molecule has 1 N–H and O–H groups in total. The Labute approximate surface area is 93.2 Å². The predicted octanol–water partition coefficient (Wildman–Crippen LogP) is 1.10. The molecule has 0 radical (unpaired) electrons. The summed E-state index contributed by atoms with van der Waals surface area (Å²) in [4.78, 5) is 2.63. The van der Waals surface area contributed by atoms with Gasteiger partial charge in [0.05, 0.1) is 12.7 Å². The van der Waals surface area contributed by atoms with Crippen LogP contribution in [-0.2, 0) is 4.74 Å². The molecule has 2 unspecified atom stereocenters. The average molecular weight is 212 g/mol. The largest absolute Gasteiger partial charge is 0.376 e. The summed E-state index contributed by atoms with van der Waals surface area (Å²) in [6, 6.07) is 0.661. The lowest BCUT2D eigenvalue weighted by Crippen LogP contribution is -2.50. The summed E-state index contributed by atoms with van der Waals surface area (Å²) >= 11 is 0. The Morgan fingerprint density at radius 2 is 2.20 bits per heavy atom. The topological polar surface area (TPSA) is 24.5 Å². The first-order valence-corrected chi connectivity index (χ1v) is 6.36. The van der Waals surface area contributed by atoms with Crippen LogP contribution < -0.4 is 5.32 Å². The number of hydrogen-bond donors (Lipinski definition) is 1. The molecule has 2 saturated heterocycles. The zero-order chi connectivity index (χ0) is 10.7. The number of ether oxygens (including phenoxy) is 1. The molecular weight excluding hydrogens is 188 g/mol. The van der Waals surface area contributed by atoms with Crippen LogP contribution in [0.2, 0.25) is 0 Å². The first-order valence-electron chi connectivity index (χ1n) is 6.36. The molecule has 2 heterocycles. The molecule has 0 saturated carbocycles. The molecule has 2 fully saturated rings. The molecule has 0 aromatic rings. The van der Waals surface area contributed by atoms with Crippen LogP contribution in [-0.4, -0.2) is 49.8 Å². The van der Waals surface area contributed by atoms with Crippen molar-refractivity contribution in [1.29, 1.82) is 0 Å². The highest BCUT2D eigenvalue weighted by atomic mass is 16.5. The van der Waals surface area contributed by atoms with E-state index < -0.39 is 0 Å². The van der Waals surface area contributed by atoms with Crippen molar-refractivity contribution in [2.24, 2.45) is 5.92 Å². The van der Waals surface area contributed by atoms with Crippen molar-refractivity contribution in [3.8, 4) is 0 Å². The molecule has 3 nitrogen and oxygen atoms in total. The summed E-state index contributed by atoms with van der Waals surface area (Å²) < 4.78 is 5.70. The Hall–Kier alpha value is -0.120. The van der Waals surface area contributed by atoms with Crippen molar-refractivity contribution in [1.82, 2.24) is 10.2 Å². The van der Waals surface area contributed by atoms with Crippen molar-refractivity contribution >= 4 is 0 Å². The standard InChI is InChI=1S/C12H24N2O/c1-3-12-9-15-10(2)8-14(12)5-4-11-6-13-7-11/h10-13H,3-9H2,1-2H3. The third-order valence-corrected chi connectivity index (χ3v) is 3.74. The highest BCUT2D eigenvalue weighted by Gasteiger charge is 2.26. The smallest absolute Gasteiger partial charge is 0.0674 e. The molecule has 0 aromatic carbocycles. The number of rotatable bonds is 4. The molecule has 3 heteroatoms. The van der Waals surface area contributed by atoms with Crippen LogP contribution in [0.4, 0.5) is 0 Å². The molecule has 88 valence electrons. The highest BCUT2D eigenvalue weighted by molar-refractivity contribution is 4.81. The Kier molecular flexibility index (Phi) is 4.00. The zero-order valence-electron chi connectivity index (χ0n) is 10.0. The minimum atomic E-state index is 0.423. The second-order valence-electron chi connectivity index (χ2n) is 5.01. The van der Waals surface area contributed by atoms with E-state index in [0.717, 1.165) is 19.1 Å². The van der Waals surface area contributed by atoms with E-state index in [1.165, 1.54) is 32.5 Å². The van der Waals surface area contributed by atoms with E-state index in [2.05, 4.69) is 24.1 Å². The minimum absolute atomic E-state index is 0.423. The van der Waals surface area contributed by atoms with Gasteiger partial charge >= 0.3 is 0 Å². The molecular formula is C12H24N2O. The van der Waals surface area contributed by atoms with E-state index in [1.807, 2.05) is 0 Å². The van der Waals surface area contributed by atoms with Gasteiger partial charge in [0.2, 0.25) is 0 Å². The van der Waals surface area contributed by atoms with Crippen LogP contribution in [0.15, 0.2) is 0 Å². The average Bonchev–Trinajstić information content (AvgIpc) is 2.16. The molecule has 0 bridgehead atoms. The first kappa shape index (κ1) is 11.4. The van der Waals surface area contributed by atoms with Crippen LogP contribution in [0, 0.1) is 5.92 Å². The summed E-state index contributed by atoms with van der Waals surface area (Å²) in [5, 5.41) is 3.34. The van der Waals surface area contributed by atoms with Crippen LogP contribution in [0.1, 0.15) is 26.7 Å². The van der Waals surface area contributed by atoms with Crippen LogP contribution in [0.5, 0.6) is 0 Å². The summed E-state index contributed by atoms with van der Waals surface area (Å²) in [6.45, 7) is 10.2. The lowest BCUT2D eigenvalue weighted by Gasteiger charge is -2.39. The van der Waals surface area contributed by atoms with Gasteiger partial charge in [0.25, 0.3) is 0 Å². The summed E-state index contributed by atoms with van der Waals surface area (Å²) in [5.74, 6) is 0.931. The molecule has 0 aliphatic carbocycles. The summed E-state index contributed by atoms with van der Waals surface area (Å²) in [5.41, 5.74) is 0. The van der Waals surface area contributed by atoms with E-state index in [-0.39, 0.29) is 0 Å². The van der Waals surface area contributed by atoms with Gasteiger partial charge in [-0.15, -0.1) is 0 Å². The second-order valence-corrected chi connectivity index (χ2v) is 5.01. The van der Waals surface area contributed by atoms with E-state index in [0.29, 0.717) is 12.1 Å². The Morgan fingerprint density at radius 3 is 2.80 bits per heavy atom. The van der Waals surface area contributed by atoms with E-state index in [4.69, 9.17) is 4.74 Å². The molecule has 0 amide bonds. The maximum absolute atomic E-state index is 5.70. The van der Waals surface area contributed by atoms with Gasteiger partial charge in [-0.2, -0.15) is 0 Å². The van der Waals surface area contributed by atoms with Gasteiger partial charge < -0.3 is 10.1 Å². The first-order chi connectivity index (χ1) is 7.29. The van der Waals surface area contributed by atoms with Gasteiger partial charge in [-0.3, -0.25) is 4.90 Å². The minimum Gasteiger partial charge on any atom is -0.376 e. The maximum atomic E-state index is 5.70. The quantitative estimate of drug-likeness (QED) is 0.755. The predicted molar refractivity (Wildman–Crippen MR) is 62.0 cm³/mol. The van der Waals surface area contributed by atoms with Crippen molar-refractivity contribution < 1.29 is 4.74 Å². The lowest BCUT2D eigenvalue weighted by molar-refractivity contribution is -0.0577. The van der Waals surface area contributed by atoms with Crippen LogP contribution in [0.25, 0.3) is 0 Å². The molecule has 0 aromatic heterocycles. The molecule has 15 heavy (non-hydrogen) atoms. The van der Waals surface area contributed by atoms with Gasteiger partial charge in [-0.25, -0.2) is 0 Å². The van der Waals surface area contributed by atoms with Gasteiger partial charge in [0.15, 0.2) is 0 Å². The Bertz CT molecular complexity index is 194. The molecule has 2 rings (SSSR count). The molecule has 2 aliphatic heterocycles. The monoisotopic (exact) mass is 212 g/mol. The normalized spacial score (nSPS) is 34.0. The van der Waals surface area contributed by atoms with Crippen molar-refractivity contribution in [3.63, 3.8) is 0 Å². The van der Waals surface area contributed by atoms with Gasteiger partial charge in [0.1, 0.15) is 0 Å². The highest BCUT2D eigenvalue weighted by Crippen LogP contribution is 2.17. The number of hydrogen-bond acceptors (Lipinski definition) is 3. The molecule has 0 spiro atoms. The van der Waals surface area contributed by atoms with Crippen molar-refractivity contribution in [2.45, 2.75) is 38.8 Å². The number of nitrogens with zero attached hydrogens (tertiary/aromatic N) is 1. The van der Waals surface area contributed by atoms with Crippen molar-refractivity contribution in [3.05, 3.63) is 0 Å². The fraction of sp³-hybridized carbons (Fsp3) is 1.00. The summed E-state index contributed by atoms with van der Waals surface area (Å²) in [7, 11) is 0. The zero-order valence-corrected chi connectivity index (χ0v) is 10.0. The molecule has 2 aliphatic rings. The third kappa shape index (κ3) is 2.92.